The monoisotopic (exact) mass is 1200 g/mol. The molecular weight excluding hydrogens is 1110 g/mol. The molecular formula is C88H100OS. The topological polar surface area (TPSA) is 13.1 Å². The zero-order valence-corrected chi connectivity index (χ0v) is 59.3. The summed E-state index contributed by atoms with van der Waals surface area (Å²) in [6.07, 6.45) is 0. The molecule has 2 aromatic heterocycles. The van der Waals surface area contributed by atoms with Crippen molar-refractivity contribution in [3.05, 3.63) is 329 Å². The number of aryl methyl sites for hydroxylation is 16. The predicted molar refractivity (Wildman–Crippen MR) is 401 cm³/mol. The first-order chi connectivity index (χ1) is 42.7. The van der Waals surface area contributed by atoms with Crippen LogP contribution in [0, 0.1) is 152 Å². The lowest BCUT2D eigenvalue weighted by atomic mass is 9.90. The Hall–Kier alpha value is -8.56. The lowest BCUT2D eigenvalue weighted by molar-refractivity contribution is 0.668. The Labute approximate surface area is 546 Å². The van der Waals surface area contributed by atoms with Crippen molar-refractivity contribution in [3.63, 3.8) is 0 Å². The molecule has 11 aromatic carbocycles. The molecule has 0 aliphatic carbocycles. The van der Waals surface area contributed by atoms with Crippen LogP contribution in [0.4, 0.5) is 0 Å². The zero-order valence-electron chi connectivity index (χ0n) is 58.4. The smallest absolute Gasteiger partial charge is 0.135 e. The van der Waals surface area contributed by atoms with Crippen LogP contribution in [0.3, 0.4) is 0 Å². The van der Waals surface area contributed by atoms with Crippen molar-refractivity contribution in [1.29, 1.82) is 0 Å². The number of benzene rings is 11. The van der Waals surface area contributed by atoms with E-state index in [9.17, 15) is 0 Å². The van der Waals surface area contributed by atoms with Crippen LogP contribution in [-0.4, -0.2) is 0 Å². The van der Waals surface area contributed by atoms with Gasteiger partial charge in [0.2, 0.25) is 0 Å². The number of thiophene rings is 1. The molecule has 0 atom stereocenters. The number of hydrogen-bond donors (Lipinski definition) is 0. The van der Waals surface area contributed by atoms with Gasteiger partial charge in [0, 0.05) is 30.9 Å². The van der Waals surface area contributed by atoms with Crippen molar-refractivity contribution in [2.45, 2.75) is 152 Å². The second kappa shape index (κ2) is 33.3. The Bertz CT molecular complexity index is 4000. The van der Waals surface area contributed by atoms with Gasteiger partial charge < -0.3 is 4.42 Å². The Morgan fingerprint density at radius 3 is 0.833 bits per heavy atom. The van der Waals surface area contributed by atoms with Crippen molar-refractivity contribution in [2.75, 3.05) is 0 Å². The quantitative estimate of drug-likeness (QED) is 0.160. The van der Waals surface area contributed by atoms with Crippen molar-refractivity contribution in [2.24, 2.45) is 0 Å². The molecule has 0 amide bonds. The third kappa shape index (κ3) is 20.5. The summed E-state index contributed by atoms with van der Waals surface area (Å²) in [4.78, 5) is 0. The van der Waals surface area contributed by atoms with Crippen LogP contribution in [0.2, 0.25) is 0 Å². The lowest BCUT2D eigenvalue weighted by Gasteiger charge is -2.15. The fourth-order valence-electron chi connectivity index (χ4n) is 10.7. The molecule has 0 radical (unpaired) electrons. The first-order valence-electron chi connectivity index (χ1n) is 31.8. The molecule has 0 aliphatic rings. The molecule has 0 unspecified atom stereocenters. The largest absolute Gasteiger partial charge is 0.456 e. The molecule has 2 heterocycles. The predicted octanol–water partition coefficient (Wildman–Crippen LogP) is 26.2. The summed E-state index contributed by atoms with van der Waals surface area (Å²) in [6.45, 7) is 47.3. The Balaban J connectivity index is 0.000000166. The maximum Gasteiger partial charge on any atom is 0.135 e. The second-order valence-corrected chi connectivity index (χ2v) is 26.2. The van der Waals surface area contributed by atoms with E-state index in [4.69, 9.17) is 4.42 Å². The first-order valence-corrected chi connectivity index (χ1v) is 32.6. The van der Waals surface area contributed by atoms with Crippen LogP contribution in [0.25, 0.3) is 53.2 Å². The van der Waals surface area contributed by atoms with Gasteiger partial charge in [0.1, 0.15) is 11.2 Å². The molecule has 13 aromatic rings. The molecule has 90 heavy (non-hydrogen) atoms. The van der Waals surface area contributed by atoms with E-state index in [0.29, 0.717) is 0 Å². The molecule has 0 spiro atoms. The van der Waals surface area contributed by atoms with Crippen LogP contribution in [0.5, 0.6) is 0 Å². The molecule has 1 nitrogen and oxygen atoms in total. The van der Waals surface area contributed by atoms with Gasteiger partial charge >= 0.3 is 0 Å². The highest BCUT2D eigenvalue weighted by atomic mass is 32.1. The Morgan fingerprint density at radius 2 is 0.500 bits per heavy atom. The van der Waals surface area contributed by atoms with E-state index in [1.807, 2.05) is 17.4 Å². The van der Waals surface area contributed by atoms with Crippen molar-refractivity contribution < 1.29 is 4.42 Å². The lowest BCUT2D eigenvalue weighted by Crippen LogP contribution is -1.98. The van der Waals surface area contributed by atoms with Gasteiger partial charge in [-0.3, -0.25) is 0 Å². The molecule has 0 saturated heterocycles. The summed E-state index contributed by atoms with van der Waals surface area (Å²) < 4.78 is 8.61. The van der Waals surface area contributed by atoms with E-state index in [0.717, 1.165) is 11.2 Å². The summed E-state index contributed by atoms with van der Waals surface area (Å²) in [6, 6.07) is 73.0. The summed E-state index contributed by atoms with van der Waals surface area (Å²) in [7, 11) is 0. The van der Waals surface area contributed by atoms with Gasteiger partial charge in [0.15, 0.2) is 0 Å². The van der Waals surface area contributed by atoms with Crippen LogP contribution >= 0.6 is 11.3 Å². The van der Waals surface area contributed by atoms with Crippen molar-refractivity contribution in [3.8, 4) is 11.1 Å². The number of furan rings is 1. The van der Waals surface area contributed by atoms with Crippen LogP contribution < -0.4 is 0 Å². The normalized spacial score (nSPS) is 10.3. The highest BCUT2D eigenvalue weighted by molar-refractivity contribution is 7.25. The average Bonchev–Trinajstić information content (AvgIpc) is 1.67. The summed E-state index contributed by atoms with van der Waals surface area (Å²) >= 11 is 1.89. The molecule has 0 aliphatic heterocycles. The highest BCUT2D eigenvalue weighted by Crippen LogP contribution is 2.35. The van der Waals surface area contributed by atoms with Crippen LogP contribution in [-0.2, 0) is 0 Å². The molecule has 464 valence electrons. The van der Waals surface area contributed by atoms with Gasteiger partial charge in [-0.25, -0.2) is 0 Å². The van der Waals surface area contributed by atoms with Crippen molar-refractivity contribution >= 4 is 53.4 Å². The van der Waals surface area contributed by atoms with Gasteiger partial charge in [-0.05, 0) is 277 Å². The summed E-state index contributed by atoms with van der Waals surface area (Å²) in [5.74, 6) is 0. The SMILES string of the molecule is Cc1c(C)c(C)c(C)c(C)c1C.Cc1cc(C)c(C)cc1C.Cc1cc(C)cc(-c2ccccc2)c1.Cc1ccc(C)cc1.Cc1ccc2c(c1)oc1cc(C)ccc12.Cc1ccc2c(c1)sc1cc(C)ccc12.Cc1cccc(C)c1.Cc1ccccc1C. The maximum atomic E-state index is 5.81. The molecule has 0 N–H and O–H groups in total. The van der Waals surface area contributed by atoms with Gasteiger partial charge in [0.25, 0.3) is 0 Å². The minimum Gasteiger partial charge on any atom is -0.456 e. The van der Waals surface area contributed by atoms with E-state index >= 15 is 0 Å². The molecule has 0 fully saturated rings. The van der Waals surface area contributed by atoms with Gasteiger partial charge in [-0.2, -0.15) is 0 Å². The van der Waals surface area contributed by atoms with Gasteiger partial charge in [-0.1, -0.05) is 215 Å². The third-order valence-electron chi connectivity index (χ3n) is 17.2. The third-order valence-corrected chi connectivity index (χ3v) is 18.3. The zero-order chi connectivity index (χ0) is 65.9. The van der Waals surface area contributed by atoms with Crippen molar-refractivity contribution in [1.82, 2.24) is 0 Å². The van der Waals surface area contributed by atoms with E-state index in [1.54, 1.807) is 0 Å². The summed E-state index contributed by atoms with van der Waals surface area (Å²) in [5, 5.41) is 5.19. The van der Waals surface area contributed by atoms with E-state index in [-0.39, 0.29) is 0 Å². The van der Waals surface area contributed by atoms with E-state index in [1.165, 1.54) is 164 Å². The number of fused-ring (bicyclic) bond motifs is 6. The highest BCUT2D eigenvalue weighted by Gasteiger charge is 2.09. The van der Waals surface area contributed by atoms with Crippen LogP contribution in [0.1, 0.15) is 122 Å². The minimum absolute atomic E-state index is 0.982. The van der Waals surface area contributed by atoms with E-state index < -0.39 is 0 Å². The minimum atomic E-state index is 0.982. The second-order valence-electron chi connectivity index (χ2n) is 25.1. The average molecular weight is 1210 g/mol. The Morgan fingerprint density at radius 1 is 0.200 bits per heavy atom. The molecule has 2 heteroatoms. The fraction of sp³-hybridized carbons (Fsp3) is 0.250. The number of hydrogen-bond acceptors (Lipinski definition) is 2. The van der Waals surface area contributed by atoms with Gasteiger partial charge in [-0.15, -0.1) is 11.3 Å². The standard InChI is InChI=1S/C14H12O.C14H12S.C14H14.C12H18.C10H14.3C8H10/c2*1-9-3-5-11-12-6-4-10(2)8-14(12)15-13(11)7-9;1-11-8-12(2)10-14(9-11)13-6-4-3-5-7-13;1-7-8(2)10(4)12(6)11(5)9(7)3;1-7-5-9(3)10(4)6-8(7)2;1-7-3-5-8(2)6-4-7;1-7-4-3-5-8(2)6-7;1-7-5-3-4-6-8(7)2/h2*3-8H,1-2H3;3-10H,1-2H3;1-6H3;5-6H,1-4H3;3*3-6H,1-2H3. The fourth-order valence-corrected chi connectivity index (χ4v) is 12.0. The molecule has 0 saturated carbocycles. The molecule has 0 bridgehead atoms. The van der Waals surface area contributed by atoms with Gasteiger partial charge in [0.05, 0.1) is 0 Å². The van der Waals surface area contributed by atoms with Crippen LogP contribution in [0.15, 0.2) is 211 Å². The van der Waals surface area contributed by atoms with E-state index in [2.05, 4.69) is 353 Å². The molecule has 13 rings (SSSR count). The Kier molecular flexibility index (Phi) is 26.1. The maximum absolute atomic E-state index is 5.81. The first kappa shape index (κ1) is 70.5. The number of rotatable bonds is 1. The summed E-state index contributed by atoms with van der Waals surface area (Å²) in [5.41, 5.74) is 34.7.